The molecular weight excluding hydrogens is 278 g/mol. The number of nitrogens with one attached hydrogen (secondary N) is 1. The number of carboxylic acid groups (broad SMARTS) is 1. The fraction of sp³-hybridized carbons (Fsp3) is 0.429. The third-order valence-electron chi connectivity index (χ3n) is 2.74. The van der Waals surface area contributed by atoms with Gasteiger partial charge in [-0.25, -0.2) is 4.79 Å². The Labute approximate surface area is 122 Å². The quantitative estimate of drug-likeness (QED) is 0.743. The van der Waals surface area contributed by atoms with Gasteiger partial charge < -0.3 is 24.6 Å². The topological polar surface area (TPSA) is 94.1 Å². The Morgan fingerprint density at radius 2 is 1.95 bits per heavy atom. The molecule has 0 fully saturated rings. The van der Waals surface area contributed by atoms with E-state index in [0.29, 0.717) is 11.5 Å². The molecular formula is C14H19NO6. The van der Waals surface area contributed by atoms with Gasteiger partial charge in [0.05, 0.1) is 20.3 Å². The molecule has 7 nitrogen and oxygen atoms in total. The van der Waals surface area contributed by atoms with Crippen molar-refractivity contribution in [2.45, 2.75) is 13.0 Å². The first kappa shape index (κ1) is 16.8. The van der Waals surface area contributed by atoms with Crippen LogP contribution in [0.5, 0.6) is 11.5 Å². The summed E-state index contributed by atoms with van der Waals surface area (Å²) < 4.78 is 15.1. The number of ether oxygens (including phenoxy) is 3. The molecule has 0 aliphatic carbocycles. The molecule has 116 valence electrons. The van der Waals surface area contributed by atoms with Crippen molar-refractivity contribution in [3.05, 3.63) is 23.8 Å². The average Bonchev–Trinajstić information content (AvgIpc) is 2.45. The van der Waals surface area contributed by atoms with Gasteiger partial charge in [0, 0.05) is 5.56 Å². The summed E-state index contributed by atoms with van der Waals surface area (Å²) in [4.78, 5) is 22.0. The van der Waals surface area contributed by atoms with Crippen LogP contribution in [0.1, 0.15) is 18.5 Å². The zero-order chi connectivity index (χ0) is 15.8. The van der Waals surface area contributed by atoms with E-state index in [1.54, 1.807) is 32.2 Å². The molecule has 0 aliphatic rings. The molecule has 0 spiro atoms. The van der Waals surface area contributed by atoms with Gasteiger partial charge >= 0.3 is 5.97 Å². The number of aliphatic carboxylic acids is 1. The van der Waals surface area contributed by atoms with E-state index >= 15 is 0 Å². The summed E-state index contributed by atoms with van der Waals surface area (Å²) in [6, 6.07) is 4.93. The van der Waals surface area contributed by atoms with Gasteiger partial charge in [-0.05, 0) is 25.1 Å². The fourth-order valence-corrected chi connectivity index (χ4v) is 1.77. The highest BCUT2D eigenvalue weighted by Crippen LogP contribution is 2.29. The van der Waals surface area contributed by atoms with Crippen molar-refractivity contribution in [1.82, 2.24) is 5.32 Å². The van der Waals surface area contributed by atoms with Crippen molar-refractivity contribution in [1.29, 1.82) is 0 Å². The van der Waals surface area contributed by atoms with E-state index in [4.69, 9.17) is 19.3 Å². The minimum Gasteiger partial charge on any atom is -0.497 e. The molecule has 0 aliphatic heterocycles. The predicted octanol–water partition coefficient (Wildman–Crippen LogP) is 0.982. The maximum absolute atomic E-state index is 11.7. The Kier molecular flexibility index (Phi) is 6.48. The monoisotopic (exact) mass is 297 g/mol. The summed E-state index contributed by atoms with van der Waals surface area (Å²) in [5.41, 5.74) is 0.753. The van der Waals surface area contributed by atoms with Crippen LogP contribution in [0.3, 0.4) is 0 Å². The maximum Gasteiger partial charge on any atom is 0.329 e. The number of rotatable bonds is 8. The van der Waals surface area contributed by atoms with Crippen molar-refractivity contribution in [3.8, 4) is 11.5 Å². The molecule has 0 bridgehead atoms. The lowest BCUT2D eigenvalue weighted by Crippen LogP contribution is -2.31. The number of hydrogen-bond acceptors (Lipinski definition) is 5. The number of carboxylic acids is 1. The minimum atomic E-state index is -1.12. The Bertz CT molecular complexity index is 502. The van der Waals surface area contributed by atoms with Gasteiger partial charge in [-0.2, -0.15) is 0 Å². The maximum atomic E-state index is 11.7. The van der Waals surface area contributed by atoms with Crippen LogP contribution >= 0.6 is 0 Å². The smallest absolute Gasteiger partial charge is 0.329 e. The number of methoxy groups -OCH3 is 2. The Morgan fingerprint density at radius 3 is 2.52 bits per heavy atom. The van der Waals surface area contributed by atoms with Gasteiger partial charge in [0.25, 0.3) is 0 Å². The molecule has 7 heteroatoms. The summed E-state index contributed by atoms with van der Waals surface area (Å²) in [5, 5.41) is 11.1. The van der Waals surface area contributed by atoms with E-state index in [9.17, 15) is 9.59 Å². The number of benzene rings is 1. The van der Waals surface area contributed by atoms with Crippen LogP contribution in [0.4, 0.5) is 0 Å². The molecule has 1 aromatic carbocycles. The summed E-state index contributed by atoms with van der Waals surface area (Å²) >= 11 is 0. The number of amides is 1. The molecule has 1 rings (SSSR count). The van der Waals surface area contributed by atoms with Crippen LogP contribution in [0, 0.1) is 0 Å². The lowest BCUT2D eigenvalue weighted by Gasteiger charge is -2.18. The summed E-state index contributed by atoms with van der Waals surface area (Å²) in [6.07, 6.45) is 0. The number of hydrogen-bond donors (Lipinski definition) is 2. The summed E-state index contributed by atoms with van der Waals surface area (Å²) in [7, 11) is 3.09. The molecule has 0 unspecified atom stereocenters. The van der Waals surface area contributed by atoms with Crippen molar-refractivity contribution >= 4 is 11.9 Å². The molecule has 2 N–H and O–H groups in total. The molecule has 0 saturated carbocycles. The second kappa shape index (κ2) is 8.11. The van der Waals surface area contributed by atoms with E-state index in [2.05, 4.69) is 5.32 Å². The zero-order valence-electron chi connectivity index (χ0n) is 12.2. The van der Waals surface area contributed by atoms with Crippen LogP contribution in [0.15, 0.2) is 18.2 Å². The van der Waals surface area contributed by atoms with Gasteiger partial charge in [-0.15, -0.1) is 0 Å². The van der Waals surface area contributed by atoms with Gasteiger partial charge in [0.15, 0.2) is 0 Å². The fourth-order valence-electron chi connectivity index (χ4n) is 1.77. The first-order chi connectivity index (χ1) is 9.97. The lowest BCUT2D eigenvalue weighted by atomic mass is 10.1. The van der Waals surface area contributed by atoms with Crippen molar-refractivity contribution in [3.63, 3.8) is 0 Å². The largest absolute Gasteiger partial charge is 0.497 e. The molecule has 21 heavy (non-hydrogen) atoms. The highest BCUT2D eigenvalue weighted by Gasteiger charge is 2.15. The van der Waals surface area contributed by atoms with Crippen molar-refractivity contribution in [2.75, 3.05) is 27.4 Å². The van der Waals surface area contributed by atoms with Gasteiger partial charge in [0.2, 0.25) is 5.91 Å². The first-order valence-electron chi connectivity index (χ1n) is 6.28. The Hall–Kier alpha value is -2.28. The van der Waals surface area contributed by atoms with Crippen LogP contribution in [0.25, 0.3) is 0 Å². The van der Waals surface area contributed by atoms with Crippen molar-refractivity contribution in [2.24, 2.45) is 0 Å². The molecule has 0 saturated heterocycles. The van der Waals surface area contributed by atoms with Crippen LogP contribution < -0.4 is 14.8 Å². The van der Waals surface area contributed by atoms with Crippen LogP contribution in [0.2, 0.25) is 0 Å². The predicted molar refractivity (Wildman–Crippen MR) is 74.6 cm³/mol. The second-order valence-electron chi connectivity index (χ2n) is 4.28. The highest BCUT2D eigenvalue weighted by molar-refractivity contribution is 5.78. The number of carbonyl (C=O) groups is 2. The third kappa shape index (κ3) is 5.31. The minimum absolute atomic E-state index is 0.317. The Balaban J connectivity index is 2.67. The van der Waals surface area contributed by atoms with Gasteiger partial charge in [-0.3, -0.25) is 4.79 Å². The normalized spacial score (nSPS) is 11.6. The molecule has 0 aromatic heterocycles. The van der Waals surface area contributed by atoms with E-state index in [1.807, 2.05) is 0 Å². The summed E-state index contributed by atoms with van der Waals surface area (Å²) in [5.74, 6) is -0.261. The van der Waals surface area contributed by atoms with E-state index in [0.717, 1.165) is 5.56 Å². The standard InChI is InChI=1S/C14H19NO6/c1-9(15-13(16)7-21-8-14(17)18)11-6-10(19-2)4-5-12(11)20-3/h4-6,9H,7-8H2,1-3H3,(H,15,16)(H,17,18)/t9-/m0/s1. The third-order valence-corrected chi connectivity index (χ3v) is 2.74. The van der Waals surface area contributed by atoms with Crippen molar-refractivity contribution < 1.29 is 28.9 Å². The summed E-state index contributed by atoms with van der Waals surface area (Å²) in [6.45, 7) is 0.958. The van der Waals surface area contributed by atoms with E-state index in [-0.39, 0.29) is 12.6 Å². The van der Waals surface area contributed by atoms with Crippen LogP contribution in [-0.4, -0.2) is 44.4 Å². The molecule has 0 heterocycles. The number of carbonyl (C=O) groups excluding carboxylic acids is 1. The van der Waals surface area contributed by atoms with Crippen LogP contribution in [-0.2, 0) is 14.3 Å². The molecule has 1 amide bonds. The van der Waals surface area contributed by atoms with Gasteiger partial charge in [0.1, 0.15) is 24.7 Å². The zero-order valence-corrected chi connectivity index (χ0v) is 12.2. The SMILES string of the molecule is COc1ccc(OC)c([C@H](C)NC(=O)COCC(=O)O)c1. The average molecular weight is 297 g/mol. The lowest BCUT2D eigenvalue weighted by molar-refractivity contribution is -0.143. The second-order valence-corrected chi connectivity index (χ2v) is 4.28. The van der Waals surface area contributed by atoms with Gasteiger partial charge in [-0.1, -0.05) is 0 Å². The molecule has 0 radical (unpaired) electrons. The Morgan fingerprint density at radius 1 is 1.24 bits per heavy atom. The highest BCUT2D eigenvalue weighted by atomic mass is 16.5. The molecule has 1 aromatic rings. The van der Waals surface area contributed by atoms with E-state index < -0.39 is 18.5 Å². The first-order valence-corrected chi connectivity index (χ1v) is 6.28. The molecule has 1 atom stereocenters. The van der Waals surface area contributed by atoms with E-state index in [1.165, 1.54) is 7.11 Å².